The van der Waals surface area contributed by atoms with Crippen molar-refractivity contribution in [2.24, 2.45) is 5.73 Å². The first-order chi connectivity index (χ1) is 7.58. The molecule has 0 spiro atoms. The van der Waals surface area contributed by atoms with Crippen molar-refractivity contribution in [3.63, 3.8) is 0 Å². The van der Waals surface area contributed by atoms with Gasteiger partial charge < -0.3 is 20.5 Å². The van der Waals surface area contributed by atoms with E-state index in [2.05, 4.69) is 5.32 Å². The summed E-state index contributed by atoms with van der Waals surface area (Å²) in [6.07, 6.45) is 1.17. The standard InChI is InChI=1S/C11H22N2O3/c1-3-15-8-9(2)13-10(14)11(12)4-6-16-7-5-11/h9H,3-8,12H2,1-2H3,(H,13,14). The second-order valence-electron chi connectivity index (χ2n) is 4.30. The van der Waals surface area contributed by atoms with E-state index in [4.69, 9.17) is 15.2 Å². The maximum Gasteiger partial charge on any atom is 0.240 e. The van der Waals surface area contributed by atoms with E-state index in [1.165, 1.54) is 0 Å². The molecule has 0 radical (unpaired) electrons. The number of ether oxygens (including phenoxy) is 2. The highest BCUT2D eigenvalue weighted by Crippen LogP contribution is 2.17. The van der Waals surface area contributed by atoms with E-state index in [1.807, 2.05) is 13.8 Å². The Morgan fingerprint density at radius 2 is 2.19 bits per heavy atom. The first-order valence-corrected chi connectivity index (χ1v) is 5.84. The molecule has 0 saturated carbocycles. The van der Waals surface area contributed by atoms with Crippen LogP contribution in [0.25, 0.3) is 0 Å². The molecule has 0 bridgehead atoms. The third kappa shape index (κ3) is 3.73. The van der Waals surface area contributed by atoms with Crippen LogP contribution in [0.5, 0.6) is 0 Å². The summed E-state index contributed by atoms with van der Waals surface area (Å²) >= 11 is 0. The van der Waals surface area contributed by atoms with Crippen molar-refractivity contribution in [2.75, 3.05) is 26.4 Å². The quantitative estimate of drug-likeness (QED) is 0.699. The van der Waals surface area contributed by atoms with Gasteiger partial charge in [-0.05, 0) is 26.7 Å². The molecule has 5 heteroatoms. The van der Waals surface area contributed by atoms with Crippen molar-refractivity contribution in [3.8, 4) is 0 Å². The van der Waals surface area contributed by atoms with Gasteiger partial charge in [-0.25, -0.2) is 0 Å². The Labute approximate surface area is 96.7 Å². The molecule has 3 N–H and O–H groups in total. The highest BCUT2D eigenvalue weighted by atomic mass is 16.5. The van der Waals surface area contributed by atoms with E-state index < -0.39 is 5.54 Å². The molecule has 1 unspecified atom stereocenters. The monoisotopic (exact) mass is 230 g/mol. The number of hydrogen-bond acceptors (Lipinski definition) is 4. The van der Waals surface area contributed by atoms with Crippen LogP contribution in [0.3, 0.4) is 0 Å². The Kier molecular flexibility index (Phi) is 5.18. The van der Waals surface area contributed by atoms with Gasteiger partial charge in [0, 0.05) is 25.9 Å². The molecule has 16 heavy (non-hydrogen) atoms. The second-order valence-corrected chi connectivity index (χ2v) is 4.30. The minimum atomic E-state index is -0.765. The van der Waals surface area contributed by atoms with Crippen molar-refractivity contribution in [2.45, 2.75) is 38.3 Å². The van der Waals surface area contributed by atoms with Gasteiger partial charge in [-0.2, -0.15) is 0 Å². The molecule has 0 aromatic heterocycles. The van der Waals surface area contributed by atoms with Gasteiger partial charge in [0.15, 0.2) is 0 Å². The van der Waals surface area contributed by atoms with Crippen LogP contribution in [0.1, 0.15) is 26.7 Å². The fourth-order valence-electron chi connectivity index (χ4n) is 1.67. The van der Waals surface area contributed by atoms with Crippen molar-refractivity contribution in [1.29, 1.82) is 0 Å². The molecule has 1 atom stereocenters. The van der Waals surface area contributed by atoms with Gasteiger partial charge in [0.2, 0.25) is 5.91 Å². The molecule has 1 fully saturated rings. The Bertz CT molecular complexity index is 227. The minimum Gasteiger partial charge on any atom is -0.381 e. The zero-order chi connectivity index (χ0) is 12.0. The fourth-order valence-corrected chi connectivity index (χ4v) is 1.67. The Morgan fingerprint density at radius 1 is 1.56 bits per heavy atom. The summed E-state index contributed by atoms with van der Waals surface area (Å²) in [6.45, 7) is 6.14. The topological polar surface area (TPSA) is 73.6 Å². The summed E-state index contributed by atoms with van der Waals surface area (Å²) in [5, 5.41) is 2.88. The SMILES string of the molecule is CCOCC(C)NC(=O)C1(N)CCOCC1. The highest BCUT2D eigenvalue weighted by molar-refractivity contribution is 5.86. The predicted molar refractivity (Wildman–Crippen MR) is 61.1 cm³/mol. The number of nitrogens with two attached hydrogens (primary N) is 1. The van der Waals surface area contributed by atoms with E-state index in [0.29, 0.717) is 39.3 Å². The van der Waals surface area contributed by atoms with Gasteiger partial charge in [-0.15, -0.1) is 0 Å². The van der Waals surface area contributed by atoms with Crippen LogP contribution in [0, 0.1) is 0 Å². The van der Waals surface area contributed by atoms with E-state index in [0.717, 1.165) is 0 Å². The van der Waals surface area contributed by atoms with Crippen molar-refractivity contribution < 1.29 is 14.3 Å². The average Bonchev–Trinajstić information content (AvgIpc) is 2.27. The molecule has 1 heterocycles. The van der Waals surface area contributed by atoms with Gasteiger partial charge in [-0.3, -0.25) is 4.79 Å². The number of hydrogen-bond donors (Lipinski definition) is 2. The van der Waals surface area contributed by atoms with Gasteiger partial charge >= 0.3 is 0 Å². The molecule has 1 saturated heterocycles. The van der Waals surface area contributed by atoms with Crippen LogP contribution in [0.2, 0.25) is 0 Å². The Hall–Kier alpha value is -0.650. The zero-order valence-corrected chi connectivity index (χ0v) is 10.1. The molecule has 1 aliphatic rings. The summed E-state index contributed by atoms with van der Waals surface area (Å²) in [4.78, 5) is 11.9. The van der Waals surface area contributed by atoms with Crippen molar-refractivity contribution >= 4 is 5.91 Å². The number of amides is 1. The van der Waals surface area contributed by atoms with Crippen LogP contribution < -0.4 is 11.1 Å². The predicted octanol–water partition coefficient (Wildman–Crippen LogP) is 0.0355. The average molecular weight is 230 g/mol. The van der Waals surface area contributed by atoms with Gasteiger partial charge in [0.25, 0.3) is 0 Å². The molecule has 5 nitrogen and oxygen atoms in total. The number of carbonyl (C=O) groups excluding carboxylic acids is 1. The molecular formula is C11H22N2O3. The third-order valence-electron chi connectivity index (χ3n) is 2.79. The molecule has 0 aliphatic carbocycles. The Morgan fingerprint density at radius 3 is 2.75 bits per heavy atom. The fraction of sp³-hybridized carbons (Fsp3) is 0.909. The summed E-state index contributed by atoms with van der Waals surface area (Å²) in [5.74, 6) is -0.0944. The van der Waals surface area contributed by atoms with E-state index in [9.17, 15) is 4.79 Å². The Balaban J connectivity index is 2.38. The summed E-state index contributed by atoms with van der Waals surface area (Å²) in [7, 11) is 0. The molecular weight excluding hydrogens is 208 g/mol. The number of rotatable bonds is 5. The third-order valence-corrected chi connectivity index (χ3v) is 2.79. The molecule has 94 valence electrons. The molecule has 1 aliphatic heterocycles. The maximum absolute atomic E-state index is 11.9. The molecule has 0 aromatic rings. The zero-order valence-electron chi connectivity index (χ0n) is 10.1. The first kappa shape index (κ1) is 13.4. The van der Waals surface area contributed by atoms with Crippen LogP contribution in [0.4, 0.5) is 0 Å². The van der Waals surface area contributed by atoms with Crippen LogP contribution in [-0.2, 0) is 14.3 Å². The lowest BCUT2D eigenvalue weighted by Crippen LogP contribution is -2.58. The molecule has 0 aromatic carbocycles. The number of nitrogens with one attached hydrogen (secondary N) is 1. The first-order valence-electron chi connectivity index (χ1n) is 5.84. The van der Waals surface area contributed by atoms with Crippen molar-refractivity contribution in [3.05, 3.63) is 0 Å². The normalized spacial score (nSPS) is 21.4. The lowest BCUT2D eigenvalue weighted by molar-refractivity contribution is -0.130. The lowest BCUT2D eigenvalue weighted by Gasteiger charge is -2.32. The summed E-state index contributed by atoms with van der Waals surface area (Å²) in [6, 6.07) is -0.00396. The highest BCUT2D eigenvalue weighted by Gasteiger charge is 2.36. The van der Waals surface area contributed by atoms with Crippen molar-refractivity contribution in [1.82, 2.24) is 5.32 Å². The van der Waals surface area contributed by atoms with Gasteiger partial charge in [-0.1, -0.05) is 0 Å². The molecule has 1 amide bonds. The van der Waals surface area contributed by atoms with E-state index in [1.54, 1.807) is 0 Å². The van der Waals surface area contributed by atoms with E-state index in [-0.39, 0.29) is 11.9 Å². The summed E-state index contributed by atoms with van der Waals surface area (Å²) < 4.78 is 10.4. The smallest absolute Gasteiger partial charge is 0.240 e. The van der Waals surface area contributed by atoms with Crippen LogP contribution in [0.15, 0.2) is 0 Å². The lowest BCUT2D eigenvalue weighted by atomic mass is 9.90. The van der Waals surface area contributed by atoms with Crippen LogP contribution in [-0.4, -0.2) is 43.9 Å². The maximum atomic E-state index is 11.9. The van der Waals surface area contributed by atoms with E-state index >= 15 is 0 Å². The minimum absolute atomic E-state index is 0.00396. The van der Waals surface area contributed by atoms with Gasteiger partial charge in [0.1, 0.15) is 0 Å². The van der Waals surface area contributed by atoms with Crippen LogP contribution >= 0.6 is 0 Å². The second kappa shape index (κ2) is 6.18. The van der Waals surface area contributed by atoms with Gasteiger partial charge in [0.05, 0.1) is 12.1 Å². The largest absolute Gasteiger partial charge is 0.381 e. The summed E-state index contributed by atoms with van der Waals surface area (Å²) in [5.41, 5.74) is 5.28. The number of carbonyl (C=O) groups is 1. The molecule has 1 rings (SSSR count).